The second-order valence-corrected chi connectivity index (χ2v) is 2.37. The van der Waals surface area contributed by atoms with Crippen molar-refractivity contribution in [2.24, 2.45) is 5.16 Å². The van der Waals surface area contributed by atoms with Crippen LogP contribution in [-0.4, -0.2) is 23.5 Å². The molecule has 0 atom stereocenters. The molecule has 0 saturated heterocycles. The lowest BCUT2D eigenvalue weighted by Crippen LogP contribution is -1.97. The number of pyridine rings is 1. The first-order valence-electron chi connectivity index (χ1n) is 3.60. The number of oxime groups is 1. The predicted molar refractivity (Wildman–Crippen MR) is 47.9 cm³/mol. The Labute approximate surface area is 70.9 Å². The summed E-state index contributed by atoms with van der Waals surface area (Å²) in [7, 11) is 1.81. The van der Waals surface area contributed by atoms with Gasteiger partial charge in [-0.2, -0.15) is 0 Å². The first-order valence-corrected chi connectivity index (χ1v) is 3.60. The van der Waals surface area contributed by atoms with Crippen molar-refractivity contribution in [1.29, 1.82) is 0 Å². The van der Waals surface area contributed by atoms with Crippen LogP contribution in [0, 0.1) is 6.92 Å². The van der Waals surface area contributed by atoms with Crippen molar-refractivity contribution in [2.45, 2.75) is 6.92 Å². The van der Waals surface area contributed by atoms with E-state index < -0.39 is 0 Å². The first-order chi connectivity index (χ1) is 5.77. The van der Waals surface area contributed by atoms with E-state index in [9.17, 15) is 0 Å². The fourth-order valence-electron chi connectivity index (χ4n) is 0.910. The molecule has 64 valence electrons. The molecule has 1 aromatic heterocycles. The lowest BCUT2D eigenvalue weighted by atomic mass is 10.2. The Bertz CT molecular complexity index is 296. The second kappa shape index (κ2) is 3.71. The number of aryl methyl sites for hydroxylation is 1. The van der Waals surface area contributed by atoms with Gasteiger partial charge in [0.25, 0.3) is 0 Å². The van der Waals surface area contributed by atoms with E-state index in [1.165, 1.54) is 6.21 Å². The number of rotatable bonds is 2. The minimum Gasteiger partial charge on any atom is -0.411 e. The maximum atomic E-state index is 8.30. The summed E-state index contributed by atoms with van der Waals surface area (Å²) >= 11 is 0. The molecule has 1 aromatic rings. The average molecular weight is 165 g/mol. The molecule has 0 spiro atoms. The van der Waals surface area contributed by atoms with E-state index in [4.69, 9.17) is 5.21 Å². The van der Waals surface area contributed by atoms with Crippen molar-refractivity contribution in [3.8, 4) is 0 Å². The molecule has 1 heterocycles. The molecule has 1 rings (SSSR count). The Balaban J connectivity index is 3.03. The number of nitrogens with one attached hydrogen (secondary N) is 1. The molecule has 0 aromatic carbocycles. The highest BCUT2D eigenvalue weighted by Crippen LogP contribution is 2.07. The maximum absolute atomic E-state index is 8.30. The van der Waals surface area contributed by atoms with Crippen LogP contribution in [0.15, 0.2) is 17.3 Å². The number of aromatic nitrogens is 1. The van der Waals surface area contributed by atoms with Gasteiger partial charge in [-0.3, -0.25) is 0 Å². The molecular formula is C8H11N3O. The quantitative estimate of drug-likeness (QED) is 0.394. The Kier molecular flexibility index (Phi) is 2.63. The topological polar surface area (TPSA) is 57.5 Å². The average Bonchev–Trinajstić information content (AvgIpc) is 2.09. The Morgan fingerprint density at radius 1 is 1.58 bits per heavy atom. The molecular weight excluding hydrogens is 154 g/mol. The highest BCUT2D eigenvalue weighted by Gasteiger charge is 1.97. The standard InChI is InChI=1S/C8H11N3O/c1-6-7(5-10-12)3-4-8(9-2)11-6/h3-5,12H,1-2H3,(H,9,11)/b10-5+. The van der Waals surface area contributed by atoms with E-state index in [0.29, 0.717) is 0 Å². The summed E-state index contributed by atoms with van der Waals surface area (Å²) in [5.41, 5.74) is 1.65. The van der Waals surface area contributed by atoms with Crippen LogP contribution >= 0.6 is 0 Å². The van der Waals surface area contributed by atoms with Gasteiger partial charge in [0.05, 0.1) is 6.21 Å². The lowest BCUT2D eigenvalue weighted by Gasteiger charge is -2.01. The van der Waals surface area contributed by atoms with E-state index in [1.807, 2.05) is 26.1 Å². The van der Waals surface area contributed by atoms with Crippen molar-refractivity contribution in [1.82, 2.24) is 4.98 Å². The van der Waals surface area contributed by atoms with Gasteiger partial charge in [-0.25, -0.2) is 4.98 Å². The van der Waals surface area contributed by atoms with Crippen molar-refractivity contribution < 1.29 is 5.21 Å². The first kappa shape index (κ1) is 8.52. The molecule has 0 aliphatic rings. The van der Waals surface area contributed by atoms with Crippen LogP contribution in [-0.2, 0) is 0 Å². The van der Waals surface area contributed by atoms with Crippen LogP contribution in [0.4, 0.5) is 5.82 Å². The summed E-state index contributed by atoms with van der Waals surface area (Å²) < 4.78 is 0. The van der Waals surface area contributed by atoms with Crippen LogP contribution in [0.25, 0.3) is 0 Å². The fraction of sp³-hybridized carbons (Fsp3) is 0.250. The summed E-state index contributed by atoms with van der Waals surface area (Å²) in [4.78, 5) is 4.20. The van der Waals surface area contributed by atoms with Crippen LogP contribution in [0.5, 0.6) is 0 Å². The third-order valence-electron chi connectivity index (χ3n) is 1.58. The zero-order valence-electron chi connectivity index (χ0n) is 7.07. The van der Waals surface area contributed by atoms with Gasteiger partial charge in [0, 0.05) is 18.3 Å². The highest BCUT2D eigenvalue weighted by molar-refractivity contribution is 5.80. The number of anilines is 1. The summed E-state index contributed by atoms with van der Waals surface area (Å²) in [6.45, 7) is 1.86. The van der Waals surface area contributed by atoms with Crippen molar-refractivity contribution in [2.75, 3.05) is 12.4 Å². The van der Waals surface area contributed by atoms with Crippen LogP contribution in [0.1, 0.15) is 11.3 Å². The molecule has 2 N–H and O–H groups in total. The van der Waals surface area contributed by atoms with Gasteiger partial charge < -0.3 is 10.5 Å². The van der Waals surface area contributed by atoms with Gasteiger partial charge in [-0.15, -0.1) is 0 Å². The normalized spacial score (nSPS) is 10.5. The molecule has 0 aliphatic heterocycles. The van der Waals surface area contributed by atoms with Crippen LogP contribution < -0.4 is 5.32 Å². The minimum atomic E-state index is 0.808. The summed E-state index contributed by atoms with van der Waals surface area (Å²) in [6, 6.07) is 3.66. The summed E-state index contributed by atoms with van der Waals surface area (Å²) in [6.07, 6.45) is 1.36. The molecule has 4 heteroatoms. The summed E-state index contributed by atoms with van der Waals surface area (Å²) in [5.74, 6) is 0.808. The maximum Gasteiger partial charge on any atom is 0.125 e. The zero-order valence-corrected chi connectivity index (χ0v) is 7.07. The van der Waals surface area contributed by atoms with Crippen LogP contribution in [0.3, 0.4) is 0 Å². The minimum absolute atomic E-state index is 0.808. The number of hydrogen-bond acceptors (Lipinski definition) is 4. The van der Waals surface area contributed by atoms with Crippen molar-refractivity contribution >= 4 is 12.0 Å². The zero-order chi connectivity index (χ0) is 8.97. The molecule has 12 heavy (non-hydrogen) atoms. The molecule has 0 bridgehead atoms. The SMILES string of the molecule is CNc1ccc(/C=N/O)c(C)n1. The van der Waals surface area contributed by atoms with E-state index in [-0.39, 0.29) is 0 Å². The number of nitrogens with zero attached hydrogens (tertiary/aromatic N) is 2. The van der Waals surface area contributed by atoms with E-state index >= 15 is 0 Å². The van der Waals surface area contributed by atoms with E-state index in [2.05, 4.69) is 15.5 Å². The fourth-order valence-corrected chi connectivity index (χ4v) is 0.910. The molecule has 0 unspecified atom stereocenters. The molecule has 0 aliphatic carbocycles. The van der Waals surface area contributed by atoms with Crippen molar-refractivity contribution in [3.05, 3.63) is 23.4 Å². The Hall–Kier alpha value is -1.58. The molecule has 0 amide bonds. The predicted octanol–water partition coefficient (Wildman–Crippen LogP) is 1.24. The highest BCUT2D eigenvalue weighted by atomic mass is 16.4. The Morgan fingerprint density at radius 3 is 2.83 bits per heavy atom. The molecule has 4 nitrogen and oxygen atoms in total. The van der Waals surface area contributed by atoms with Gasteiger partial charge in [0.2, 0.25) is 0 Å². The van der Waals surface area contributed by atoms with E-state index in [1.54, 1.807) is 0 Å². The van der Waals surface area contributed by atoms with Crippen molar-refractivity contribution in [3.63, 3.8) is 0 Å². The van der Waals surface area contributed by atoms with Gasteiger partial charge >= 0.3 is 0 Å². The third kappa shape index (κ3) is 1.72. The smallest absolute Gasteiger partial charge is 0.125 e. The van der Waals surface area contributed by atoms with Crippen LogP contribution in [0.2, 0.25) is 0 Å². The van der Waals surface area contributed by atoms with Gasteiger partial charge in [-0.1, -0.05) is 5.16 Å². The van der Waals surface area contributed by atoms with Gasteiger partial charge in [0.1, 0.15) is 5.82 Å². The van der Waals surface area contributed by atoms with Gasteiger partial charge in [-0.05, 0) is 19.1 Å². The molecule has 0 fully saturated rings. The second-order valence-electron chi connectivity index (χ2n) is 2.37. The monoisotopic (exact) mass is 165 g/mol. The van der Waals surface area contributed by atoms with Gasteiger partial charge in [0.15, 0.2) is 0 Å². The van der Waals surface area contributed by atoms with E-state index in [0.717, 1.165) is 17.1 Å². The lowest BCUT2D eigenvalue weighted by molar-refractivity contribution is 0.322. The third-order valence-corrected chi connectivity index (χ3v) is 1.58. The Morgan fingerprint density at radius 2 is 2.33 bits per heavy atom. The molecule has 0 radical (unpaired) electrons. The molecule has 0 saturated carbocycles. The summed E-state index contributed by atoms with van der Waals surface area (Å²) in [5, 5.41) is 14.2. The number of hydrogen-bond donors (Lipinski definition) is 2. The largest absolute Gasteiger partial charge is 0.411 e.